The second kappa shape index (κ2) is 4.76. The lowest BCUT2D eigenvalue weighted by molar-refractivity contribution is 0.0697. The van der Waals surface area contributed by atoms with Crippen molar-refractivity contribution in [2.75, 3.05) is 0 Å². The smallest absolute Gasteiger partial charge is 0.335 e. The summed E-state index contributed by atoms with van der Waals surface area (Å²) in [7, 11) is 0. The Bertz CT molecular complexity index is 615. The number of carbonyl (C=O) groups is 1. The van der Waals surface area contributed by atoms with Gasteiger partial charge in [0.25, 0.3) is 0 Å². The molecular formula is C16H14O3. The first-order valence-corrected chi connectivity index (χ1v) is 6.33. The molecule has 3 nitrogen and oxygen atoms in total. The van der Waals surface area contributed by atoms with E-state index in [1.807, 2.05) is 30.3 Å². The predicted molar refractivity (Wildman–Crippen MR) is 72.5 cm³/mol. The molecule has 0 atom stereocenters. The molecule has 1 aliphatic carbocycles. The minimum atomic E-state index is -0.910. The monoisotopic (exact) mass is 254 g/mol. The molecule has 0 unspecified atom stereocenters. The number of carboxylic acids is 1. The van der Waals surface area contributed by atoms with Gasteiger partial charge in [0.2, 0.25) is 0 Å². The first-order valence-electron chi connectivity index (χ1n) is 6.33. The van der Waals surface area contributed by atoms with Crippen LogP contribution in [0.1, 0.15) is 23.2 Å². The Morgan fingerprint density at radius 3 is 2.42 bits per heavy atom. The van der Waals surface area contributed by atoms with Gasteiger partial charge < -0.3 is 9.84 Å². The molecule has 3 heteroatoms. The van der Waals surface area contributed by atoms with Crippen molar-refractivity contribution in [1.82, 2.24) is 0 Å². The summed E-state index contributed by atoms with van der Waals surface area (Å²) in [5.74, 6) is -0.0621. The molecular weight excluding hydrogens is 240 g/mol. The van der Waals surface area contributed by atoms with Gasteiger partial charge in [-0.25, -0.2) is 4.79 Å². The quantitative estimate of drug-likeness (QED) is 0.906. The van der Waals surface area contributed by atoms with Crippen molar-refractivity contribution in [1.29, 1.82) is 0 Å². The summed E-state index contributed by atoms with van der Waals surface area (Å²) in [5.41, 5.74) is 2.16. The van der Waals surface area contributed by atoms with Crippen molar-refractivity contribution in [3.8, 4) is 16.9 Å². The normalized spacial score (nSPS) is 14.1. The maximum absolute atomic E-state index is 11.0. The highest BCUT2D eigenvalue weighted by Crippen LogP contribution is 2.30. The molecule has 19 heavy (non-hydrogen) atoms. The minimum absolute atomic E-state index is 0.297. The van der Waals surface area contributed by atoms with Crippen LogP contribution >= 0.6 is 0 Å². The van der Waals surface area contributed by atoms with Crippen molar-refractivity contribution in [3.05, 3.63) is 54.1 Å². The highest BCUT2D eigenvalue weighted by Gasteiger charge is 2.23. The van der Waals surface area contributed by atoms with E-state index >= 15 is 0 Å². The van der Waals surface area contributed by atoms with Crippen molar-refractivity contribution in [3.63, 3.8) is 0 Å². The van der Waals surface area contributed by atoms with Crippen molar-refractivity contribution in [2.24, 2.45) is 0 Å². The Hall–Kier alpha value is -2.29. The molecule has 0 saturated heterocycles. The summed E-state index contributed by atoms with van der Waals surface area (Å²) in [6.45, 7) is 0. The van der Waals surface area contributed by atoms with Gasteiger partial charge in [-0.3, -0.25) is 0 Å². The average molecular weight is 254 g/mol. The zero-order valence-corrected chi connectivity index (χ0v) is 10.4. The Balaban J connectivity index is 1.91. The van der Waals surface area contributed by atoms with E-state index in [0.717, 1.165) is 29.7 Å². The summed E-state index contributed by atoms with van der Waals surface area (Å²) in [5, 5.41) is 9.01. The molecule has 96 valence electrons. The van der Waals surface area contributed by atoms with Crippen LogP contribution in [0, 0.1) is 0 Å². The van der Waals surface area contributed by atoms with Crippen LogP contribution in [0.25, 0.3) is 11.1 Å². The molecule has 0 bridgehead atoms. The highest BCUT2D eigenvalue weighted by atomic mass is 16.5. The summed E-state index contributed by atoms with van der Waals surface area (Å²) >= 11 is 0. The number of rotatable bonds is 4. The molecule has 2 aromatic rings. The van der Waals surface area contributed by atoms with Crippen LogP contribution in [0.15, 0.2) is 48.5 Å². The highest BCUT2D eigenvalue weighted by molar-refractivity contribution is 5.89. The number of ether oxygens (including phenoxy) is 1. The molecule has 0 radical (unpaired) electrons. The first-order chi connectivity index (χ1) is 9.22. The van der Waals surface area contributed by atoms with Gasteiger partial charge in [0, 0.05) is 0 Å². The summed E-state index contributed by atoms with van der Waals surface area (Å²) < 4.78 is 5.75. The average Bonchev–Trinajstić information content (AvgIpc) is 3.23. The number of carboxylic acid groups (broad SMARTS) is 1. The number of aromatic carboxylic acids is 1. The Morgan fingerprint density at radius 2 is 1.74 bits per heavy atom. The van der Waals surface area contributed by atoms with E-state index in [4.69, 9.17) is 9.84 Å². The molecule has 0 amide bonds. The zero-order valence-electron chi connectivity index (χ0n) is 10.4. The van der Waals surface area contributed by atoms with Gasteiger partial charge in [-0.2, -0.15) is 0 Å². The van der Waals surface area contributed by atoms with E-state index in [2.05, 4.69) is 0 Å². The zero-order chi connectivity index (χ0) is 13.2. The van der Waals surface area contributed by atoms with E-state index in [0.29, 0.717) is 11.7 Å². The molecule has 0 heterocycles. The molecule has 1 aliphatic rings. The van der Waals surface area contributed by atoms with E-state index in [1.165, 1.54) is 0 Å². The minimum Gasteiger partial charge on any atom is -0.490 e. The third-order valence-corrected chi connectivity index (χ3v) is 3.10. The van der Waals surface area contributed by atoms with Crippen LogP contribution < -0.4 is 4.74 Å². The third kappa shape index (κ3) is 2.76. The largest absolute Gasteiger partial charge is 0.490 e. The Morgan fingerprint density at radius 1 is 1.05 bits per heavy atom. The molecule has 0 spiro atoms. The number of benzene rings is 2. The van der Waals surface area contributed by atoms with Crippen LogP contribution in [0.4, 0.5) is 0 Å². The second-order valence-corrected chi connectivity index (χ2v) is 4.73. The van der Waals surface area contributed by atoms with Gasteiger partial charge in [-0.15, -0.1) is 0 Å². The van der Waals surface area contributed by atoms with Crippen LogP contribution in [0.3, 0.4) is 0 Å². The number of hydrogen-bond acceptors (Lipinski definition) is 2. The summed E-state index contributed by atoms with van der Waals surface area (Å²) in [6, 6.07) is 14.7. The maximum atomic E-state index is 11.0. The lowest BCUT2D eigenvalue weighted by atomic mass is 10.0. The van der Waals surface area contributed by atoms with E-state index < -0.39 is 5.97 Å². The Kier molecular flexibility index (Phi) is 2.95. The summed E-state index contributed by atoms with van der Waals surface area (Å²) in [6.07, 6.45) is 2.61. The van der Waals surface area contributed by atoms with Crippen LogP contribution in [0.5, 0.6) is 5.75 Å². The molecule has 0 aromatic heterocycles. The van der Waals surface area contributed by atoms with Crippen molar-refractivity contribution >= 4 is 5.97 Å². The van der Waals surface area contributed by atoms with E-state index in [1.54, 1.807) is 18.2 Å². The fraction of sp³-hybridized carbons (Fsp3) is 0.188. The topological polar surface area (TPSA) is 46.5 Å². The van der Waals surface area contributed by atoms with Crippen LogP contribution in [-0.2, 0) is 0 Å². The van der Waals surface area contributed by atoms with Gasteiger partial charge in [-0.05, 0) is 48.2 Å². The third-order valence-electron chi connectivity index (χ3n) is 3.10. The number of hydrogen-bond donors (Lipinski definition) is 1. The molecule has 0 aliphatic heterocycles. The standard InChI is InChI=1S/C16H14O3/c17-16(18)13-5-1-3-11(9-13)12-4-2-6-15(10-12)19-14-7-8-14/h1-6,9-10,14H,7-8H2,(H,17,18). The fourth-order valence-electron chi connectivity index (χ4n) is 1.96. The van der Waals surface area contributed by atoms with Gasteiger partial charge in [-0.1, -0.05) is 24.3 Å². The lowest BCUT2D eigenvalue weighted by Gasteiger charge is -2.07. The molecule has 1 N–H and O–H groups in total. The van der Waals surface area contributed by atoms with Gasteiger partial charge in [0.1, 0.15) is 5.75 Å². The second-order valence-electron chi connectivity index (χ2n) is 4.73. The van der Waals surface area contributed by atoms with Gasteiger partial charge in [0.05, 0.1) is 11.7 Å². The maximum Gasteiger partial charge on any atom is 0.335 e. The van der Waals surface area contributed by atoms with Gasteiger partial charge >= 0.3 is 5.97 Å². The summed E-state index contributed by atoms with van der Waals surface area (Å²) in [4.78, 5) is 11.0. The van der Waals surface area contributed by atoms with Crippen LogP contribution in [-0.4, -0.2) is 17.2 Å². The van der Waals surface area contributed by atoms with Crippen LogP contribution in [0.2, 0.25) is 0 Å². The van der Waals surface area contributed by atoms with E-state index in [-0.39, 0.29) is 0 Å². The molecule has 2 aromatic carbocycles. The van der Waals surface area contributed by atoms with Crippen molar-refractivity contribution in [2.45, 2.75) is 18.9 Å². The van der Waals surface area contributed by atoms with Crippen molar-refractivity contribution < 1.29 is 14.6 Å². The molecule has 1 saturated carbocycles. The predicted octanol–water partition coefficient (Wildman–Crippen LogP) is 3.59. The first kappa shape index (κ1) is 11.8. The Labute approximate surface area is 111 Å². The fourth-order valence-corrected chi connectivity index (χ4v) is 1.96. The van der Waals surface area contributed by atoms with E-state index in [9.17, 15) is 4.79 Å². The molecule has 3 rings (SSSR count). The lowest BCUT2D eigenvalue weighted by Crippen LogP contribution is -1.97. The molecule has 1 fully saturated rings. The van der Waals surface area contributed by atoms with Gasteiger partial charge in [0.15, 0.2) is 0 Å². The SMILES string of the molecule is O=C(O)c1cccc(-c2cccc(OC3CC3)c2)c1.